The van der Waals surface area contributed by atoms with Gasteiger partial charge in [-0.3, -0.25) is 4.98 Å². The van der Waals surface area contributed by atoms with Gasteiger partial charge in [0, 0.05) is 43.8 Å². The van der Waals surface area contributed by atoms with Gasteiger partial charge in [0.25, 0.3) is 0 Å². The highest BCUT2D eigenvalue weighted by Gasteiger charge is 2.06. The van der Waals surface area contributed by atoms with E-state index in [1.165, 1.54) is 11.3 Å². The molecule has 0 saturated heterocycles. The molecule has 17 heavy (non-hydrogen) atoms. The van der Waals surface area contributed by atoms with Crippen molar-refractivity contribution in [3.05, 3.63) is 24.0 Å². The Bertz CT molecular complexity index is 328. The lowest BCUT2D eigenvalue weighted by molar-refractivity contribution is 0.0846. The molecule has 0 spiro atoms. The fourth-order valence-electron chi connectivity index (χ4n) is 1.66. The normalized spacial score (nSPS) is 10.9. The number of nitrogens with zero attached hydrogens (tertiary/aromatic N) is 2. The summed E-state index contributed by atoms with van der Waals surface area (Å²) in [6, 6.07) is 2.04. The number of rotatable bonds is 7. The van der Waals surface area contributed by atoms with Gasteiger partial charge < -0.3 is 15.0 Å². The first kappa shape index (κ1) is 13.9. The first-order valence-corrected chi connectivity index (χ1v) is 6.05. The summed E-state index contributed by atoms with van der Waals surface area (Å²) >= 11 is 0. The van der Waals surface area contributed by atoms with E-state index in [4.69, 9.17) is 4.74 Å². The molecule has 1 aromatic heterocycles. The predicted octanol–water partition coefficient (Wildman–Crippen LogP) is 1.66. The largest absolute Gasteiger partial charge is 0.377 e. The maximum absolute atomic E-state index is 5.56. The summed E-state index contributed by atoms with van der Waals surface area (Å²) < 4.78 is 5.56. The van der Waals surface area contributed by atoms with Gasteiger partial charge in [-0.15, -0.1) is 0 Å². The van der Waals surface area contributed by atoms with E-state index in [2.05, 4.69) is 36.1 Å². The highest BCUT2D eigenvalue weighted by atomic mass is 16.5. The van der Waals surface area contributed by atoms with Gasteiger partial charge in [0.2, 0.25) is 0 Å². The number of likely N-dealkylation sites (N-methyl/N-ethyl adjacent to an activating group) is 1. The molecule has 0 atom stereocenters. The Labute approximate surface area is 104 Å². The summed E-state index contributed by atoms with van der Waals surface area (Å²) in [7, 11) is 4.02. The van der Waals surface area contributed by atoms with Crippen LogP contribution in [-0.4, -0.2) is 38.3 Å². The van der Waals surface area contributed by atoms with Gasteiger partial charge in [0.15, 0.2) is 0 Å². The lowest BCUT2D eigenvalue weighted by Crippen LogP contribution is -2.25. The number of nitrogens with one attached hydrogen (secondary N) is 1. The van der Waals surface area contributed by atoms with Crippen LogP contribution in [0.3, 0.4) is 0 Å². The average molecular weight is 237 g/mol. The lowest BCUT2D eigenvalue weighted by atomic mass is 10.2. The highest BCUT2D eigenvalue weighted by molar-refractivity contribution is 5.51. The molecule has 1 rings (SSSR count). The summed E-state index contributed by atoms with van der Waals surface area (Å²) in [6.07, 6.45) is 4.03. The fourth-order valence-corrected chi connectivity index (χ4v) is 1.66. The van der Waals surface area contributed by atoms with Crippen LogP contribution in [-0.2, 0) is 11.3 Å². The molecule has 4 nitrogen and oxygen atoms in total. The number of hydrogen-bond donors (Lipinski definition) is 1. The van der Waals surface area contributed by atoms with Crippen LogP contribution in [0.4, 0.5) is 5.69 Å². The number of ether oxygens (including phenoxy) is 1. The zero-order valence-corrected chi connectivity index (χ0v) is 11.2. The number of pyridine rings is 1. The molecule has 1 N–H and O–H groups in total. The van der Waals surface area contributed by atoms with Gasteiger partial charge in [-0.25, -0.2) is 0 Å². The minimum absolute atomic E-state index is 0.289. The summed E-state index contributed by atoms with van der Waals surface area (Å²) in [5.41, 5.74) is 2.42. The quantitative estimate of drug-likeness (QED) is 0.782. The van der Waals surface area contributed by atoms with Crippen LogP contribution < -0.4 is 10.2 Å². The second-order valence-corrected chi connectivity index (χ2v) is 4.38. The standard InChI is InChI=1S/C13H23N3O/c1-11(2)17-8-7-16(4)13-5-6-15-10-12(13)9-14-3/h5-6,10-11,14H,7-9H2,1-4H3. The van der Waals surface area contributed by atoms with Gasteiger partial charge in [-0.1, -0.05) is 0 Å². The maximum atomic E-state index is 5.56. The first-order valence-electron chi connectivity index (χ1n) is 6.05. The minimum atomic E-state index is 0.289. The zero-order valence-electron chi connectivity index (χ0n) is 11.2. The van der Waals surface area contributed by atoms with E-state index >= 15 is 0 Å². The van der Waals surface area contributed by atoms with Crippen LogP contribution in [0.25, 0.3) is 0 Å². The van der Waals surface area contributed by atoms with E-state index in [1.54, 1.807) is 0 Å². The van der Waals surface area contributed by atoms with Gasteiger partial charge in [0.05, 0.1) is 12.7 Å². The molecule has 0 aromatic carbocycles. The fraction of sp³-hybridized carbons (Fsp3) is 0.615. The number of anilines is 1. The molecule has 0 fully saturated rings. The van der Waals surface area contributed by atoms with E-state index in [1.807, 2.05) is 25.5 Å². The monoisotopic (exact) mass is 237 g/mol. The highest BCUT2D eigenvalue weighted by Crippen LogP contribution is 2.17. The predicted molar refractivity (Wildman–Crippen MR) is 71.4 cm³/mol. The molecule has 0 unspecified atom stereocenters. The zero-order chi connectivity index (χ0) is 12.7. The van der Waals surface area contributed by atoms with Crippen molar-refractivity contribution in [2.75, 3.05) is 32.1 Å². The van der Waals surface area contributed by atoms with Crippen molar-refractivity contribution in [1.29, 1.82) is 0 Å². The van der Waals surface area contributed by atoms with E-state index in [0.29, 0.717) is 0 Å². The summed E-state index contributed by atoms with van der Waals surface area (Å²) in [5.74, 6) is 0. The Morgan fingerprint density at radius 2 is 2.24 bits per heavy atom. The molecular weight excluding hydrogens is 214 g/mol. The second-order valence-electron chi connectivity index (χ2n) is 4.38. The summed E-state index contributed by atoms with van der Waals surface area (Å²) in [4.78, 5) is 6.36. The SMILES string of the molecule is CNCc1cnccc1N(C)CCOC(C)C. The van der Waals surface area contributed by atoms with Gasteiger partial charge >= 0.3 is 0 Å². The molecule has 1 aromatic rings. The molecule has 0 aliphatic heterocycles. The van der Waals surface area contributed by atoms with Crippen LogP contribution in [0.15, 0.2) is 18.5 Å². The van der Waals surface area contributed by atoms with Crippen LogP contribution in [0, 0.1) is 0 Å². The van der Waals surface area contributed by atoms with Gasteiger partial charge in [-0.05, 0) is 27.0 Å². The van der Waals surface area contributed by atoms with E-state index in [0.717, 1.165) is 19.7 Å². The van der Waals surface area contributed by atoms with Gasteiger partial charge in [0.1, 0.15) is 0 Å². The van der Waals surface area contributed by atoms with Crippen molar-refractivity contribution >= 4 is 5.69 Å². The molecule has 0 amide bonds. The Hall–Kier alpha value is -1.13. The maximum Gasteiger partial charge on any atom is 0.0644 e. The molecule has 4 heteroatoms. The van der Waals surface area contributed by atoms with Gasteiger partial charge in [-0.2, -0.15) is 0 Å². The van der Waals surface area contributed by atoms with Crippen molar-refractivity contribution < 1.29 is 4.74 Å². The average Bonchev–Trinajstić information content (AvgIpc) is 2.29. The van der Waals surface area contributed by atoms with Crippen molar-refractivity contribution in [2.45, 2.75) is 26.5 Å². The molecule has 1 heterocycles. The number of hydrogen-bond acceptors (Lipinski definition) is 4. The van der Waals surface area contributed by atoms with Crippen LogP contribution in [0.1, 0.15) is 19.4 Å². The first-order chi connectivity index (χ1) is 8.15. The Balaban J connectivity index is 2.58. The van der Waals surface area contributed by atoms with Crippen molar-refractivity contribution in [3.8, 4) is 0 Å². The summed E-state index contributed by atoms with van der Waals surface area (Å²) in [5, 5.41) is 3.16. The van der Waals surface area contributed by atoms with Crippen molar-refractivity contribution in [1.82, 2.24) is 10.3 Å². The van der Waals surface area contributed by atoms with Crippen LogP contribution in [0.2, 0.25) is 0 Å². The Morgan fingerprint density at radius 3 is 2.88 bits per heavy atom. The number of aromatic nitrogens is 1. The third kappa shape index (κ3) is 4.71. The van der Waals surface area contributed by atoms with E-state index < -0.39 is 0 Å². The smallest absolute Gasteiger partial charge is 0.0644 e. The lowest BCUT2D eigenvalue weighted by Gasteiger charge is -2.22. The third-order valence-corrected chi connectivity index (χ3v) is 2.53. The van der Waals surface area contributed by atoms with Crippen molar-refractivity contribution in [2.24, 2.45) is 0 Å². The molecule has 0 radical (unpaired) electrons. The molecule has 0 saturated carbocycles. The van der Waals surface area contributed by atoms with Crippen LogP contribution in [0.5, 0.6) is 0 Å². The van der Waals surface area contributed by atoms with E-state index in [-0.39, 0.29) is 6.10 Å². The molecule has 0 aliphatic rings. The molecule has 0 aliphatic carbocycles. The van der Waals surface area contributed by atoms with Crippen molar-refractivity contribution in [3.63, 3.8) is 0 Å². The molecular formula is C13H23N3O. The van der Waals surface area contributed by atoms with E-state index in [9.17, 15) is 0 Å². The Kier molecular flexibility index (Phi) is 5.94. The Morgan fingerprint density at radius 1 is 1.47 bits per heavy atom. The molecule has 0 bridgehead atoms. The minimum Gasteiger partial charge on any atom is -0.377 e. The second kappa shape index (κ2) is 7.25. The van der Waals surface area contributed by atoms with Crippen LogP contribution >= 0.6 is 0 Å². The topological polar surface area (TPSA) is 37.4 Å². The summed E-state index contributed by atoms with van der Waals surface area (Å²) in [6.45, 7) is 6.57. The molecule has 96 valence electrons. The third-order valence-electron chi connectivity index (χ3n) is 2.53.